The van der Waals surface area contributed by atoms with Gasteiger partial charge in [0.1, 0.15) is 5.03 Å². The Morgan fingerprint density at radius 3 is 2.35 bits per heavy atom. The predicted octanol–water partition coefficient (Wildman–Crippen LogP) is 2.53. The van der Waals surface area contributed by atoms with Crippen LogP contribution < -0.4 is 5.73 Å². The normalized spacial score (nSPS) is 10.5. The van der Waals surface area contributed by atoms with Crippen LogP contribution in [0.15, 0.2) is 28.5 Å². The number of aromatic nitrogens is 3. The number of nitrogens with zero attached hydrogens (tertiary/aromatic N) is 3. The van der Waals surface area contributed by atoms with Crippen molar-refractivity contribution in [3.8, 4) is 0 Å². The molecule has 0 aliphatic heterocycles. The molecule has 0 aliphatic rings. The van der Waals surface area contributed by atoms with E-state index in [0.717, 1.165) is 22.0 Å². The second-order valence-corrected chi connectivity index (χ2v) is 4.82. The Bertz CT molecular complexity index is 531. The van der Waals surface area contributed by atoms with E-state index >= 15 is 0 Å². The Labute approximate surface area is 105 Å². The van der Waals surface area contributed by atoms with E-state index in [-0.39, 0.29) is 0 Å². The smallest absolute Gasteiger partial charge is 0.194 e. The monoisotopic (exact) mass is 246 g/mol. The quantitative estimate of drug-likeness (QED) is 0.825. The van der Waals surface area contributed by atoms with Crippen molar-refractivity contribution in [2.45, 2.75) is 31.0 Å². The Balaban J connectivity index is 2.31. The number of hydrogen-bond donors (Lipinski definition) is 1. The highest BCUT2D eigenvalue weighted by atomic mass is 32.2. The average molecular weight is 246 g/mol. The zero-order valence-corrected chi connectivity index (χ0v) is 10.9. The number of nitrogen functional groups attached to an aromatic ring is 1. The molecule has 5 heteroatoms. The van der Waals surface area contributed by atoms with E-state index in [1.165, 1.54) is 11.8 Å². The van der Waals surface area contributed by atoms with Crippen LogP contribution in [-0.4, -0.2) is 15.0 Å². The highest BCUT2D eigenvalue weighted by molar-refractivity contribution is 7.99. The molecule has 0 fully saturated rings. The van der Waals surface area contributed by atoms with Crippen LogP contribution in [0.3, 0.4) is 0 Å². The minimum absolute atomic E-state index is 0.697. The zero-order valence-electron chi connectivity index (χ0n) is 10.1. The van der Waals surface area contributed by atoms with E-state index in [9.17, 15) is 0 Å². The topological polar surface area (TPSA) is 64.7 Å². The van der Waals surface area contributed by atoms with Gasteiger partial charge in [0, 0.05) is 23.3 Å². The lowest BCUT2D eigenvalue weighted by atomic mass is 10.2. The number of nitrogens with two attached hydrogens (primary N) is 1. The Morgan fingerprint density at radius 1 is 1.12 bits per heavy atom. The molecule has 2 aromatic heterocycles. The van der Waals surface area contributed by atoms with Gasteiger partial charge < -0.3 is 5.73 Å². The average Bonchev–Trinajstić information content (AvgIpc) is 2.26. The van der Waals surface area contributed by atoms with Gasteiger partial charge in [-0.3, -0.25) is 0 Å². The molecule has 2 rings (SSSR count). The van der Waals surface area contributed by atoms with Crippen molar-refractivity contribution in [2.24, 2.45) is 0 Å². The van der Waals surface area contributed by atoms with Crippen molar-refractivity contribution >= 4 is 17.4 Å². The van der Waals surface area contributed by atoms with E-state index in [2.05, 4.69) is 15.0 Å². The summed E-state index contributed by atoms with van der Waals surface area (Å²) >= 11 is 1.43. The molecule has 0 atom stereocenters. The summed E-state index contributed by atoms with van der Waals surface area (Å²) in [6, 6.07) is 3.58. The molecule has 0 saturated heterocycles. The second kappa shape index (κ2) is 4.71. The molecule has 2 N–H and O–H groups in total. The van der Waals surface area contributed by atoms with Gasteiger partial charge in [0.05, 0.1) is 0 Å². The van der Waals surface area contributed by atoms with Crippen molar-refractivity contribution in [2.75, 3.05) is 5.73 Å². The molecule has 0 bridgehead atoms. The molecule has 0 saturated carbocycles. The van der Waals surface area contributed by atoms with Gasteiger partial charge in [0.25, 0.3) is 0 Å². The van der Waals surface area contributed by atoms with E-state index in [1.54, 1.807) is 12.3 Å². The van der Waals surface area contributed by atoms with Crippen molar-refractivity contribution in [1.82, 2.24) is 15.0 Å². The van der Waals surface area contributed by atoms with Crippen LogP contribution in [0, 0.1) is 20.8 Å². The van der Waals surface area contributed by atoms with Gasteiger partial charge in [-0.1, -0.05) is 0 Å². The summed E-state index contributed by atoms with van der Waals surface area (Å²) in [6.45, 7) is 6.00. The molecule has 4 nitrogen and oxygen atoms in total. The Kier molecular flexibility index (Phi) is 3.28. The number of anilines is 1. The van der Waals surface area contributed by atoms with Gasteiger partial charge in [-0.05, 0) is 50.2 Å². The molecule has 0 radical (unpaired) electrons. The second-order valence-electron chi connectivity index (χ2n) is 3.83. The minimum Gasteiger partial charge on any atom is -0.399 e. The van der Waals surface area contributed by atoms with E-state index in [4.69, 9.17) is 5.73 Å². The van der Waals surface area contributed by atoms with Crippen LogP contribution in [-0.2, 0) is 0 Å². The van der Waals surface area contributed by atoms with Crippen LogP contribution in [0.2, 0.25) is 0 Å². The zero-order chi connectivity index (χ0) is 12.4. The largest absolute Gasteiger partial charge is 0.399 e. The van der Waals surface area contributed by atoms with Crippen LogP contribution in [0.4, 0.5) is 5.69 Å². The summed E-state index contributed by atoms with van der Waals surface area (Å²) in [4.78, 5) is 13.1. The fourth-order valence-electron chi connectivity index (χ4n) is 1.36. The third-order valence-corrected chi connectivity index (χ3v) is 3.36. The Morgan fingerprint density at radius 2 is 1.76 bits per heavy atom. The first-order valence-electron chi connectivity index (χ1n) is 5.27. The SMILES string of the molecule is Cc1nc(Sc2cc(N)ccn2)nc(C)c1C. The standard InChI is InChI=1S/C12H14N4S/c1-7-8(2)15-12(16-9(7)3)17-11-6-10(13)4-5-14-11/h4-6H,1-3H3,(H2,13,14). The lowest BCUT2D eigenvalue weighted by Crippen LogP contribution is -1.98. The third kappa shape index (κ3) is 2.74. The number of aryl methyl sites for hydroxylation is 2. The first kappa shape index (κ1) is 11.9. The van der Waals surface area contributed by atoms with Gasteiger partial charge in [-0.25, -0.2) is 15.0 Å². The van der Waals surface area contributed by atoms with Crippen molar-refractivity contribution in [3.63, 3.8) is 0 Å². The summed E-state index contributed by atoms with van der Waals surface area (Å²) in [6.07, 6.45) is 1.69. The fourth-order valence-corrected chi connectivity index (χ4v) is 2.22. The fraction of sp³-hybridized carbons (Fsp3) is 0.250. The molecule has 2 aromatic rings. The maximum atomic E-state index is 5.70. The van der Waals surface area contributed by atoms with Crippen molar-refractivity contribution < 1.29 is 0 Å². The highest BCUT2D eigenvalue weighted by Crippen LogP contribution is 2.25. The van der Waals surface area contributed by atoms with E-state index < -0.39 is 0 Å². The summed E-state index contributed by atoms with van der Waals surface area (Å²) in [7, 11) is 0. The number of hydrogen-bond acceptors (Lipinski definition) is 5. The molecule has 0 amide bonds. The lowest BCUT2D eigenvalue weighted by molar-refractivity contribution is 0.878. The Hall–Kier alpha value is -1.62. The van der Waals surface area contributed by atoms with Gasteiger partial charge >= 0.3 is 0 Å². The molecule has 0 aromatic carbocycles. The van der Waals surface area contributed by atoms with Gasteiger partial charge in [0.2, 0.25) is 0 Å². The molecular weight excluding hydrogens is 232 g/mol. The summed E-state index contributed by atoms with van der Waals surface area (Å²) in [5.74, 6) is 0. The van der Waals surface area contributed by atoms with Crippen LogP contribution in [0.5, 0.6) is 0 Å². The van der Waals surface area contributed by atoms with Crippen LogP contribution >= 0.6 is 11.8 Å². The number of pyridine rings is 1. The third-order valence-electron chi connectivity index (χ3n) is 2.57. The number of rotatable bonds is 2. The lowest BCUT2D eigenvalue weighted by Gasteiger charge is -2.06. The van der Waals surface area contributed by atoms with Gasteiger partial charge in [-0.2, -0.15) is 0 Å². The summed E-state index contributed by atoms with van der Waals surface area (Å²) in [5.41, 5.74) is 9.54. The van der Waals surface area contributed by atoms with Crippen molar-refractivity contribution in [1.29, 1.82) is 0 Å². The predicted molar refractivity (Wildman–Crippen MR) is 69.0 cm³/mol. The maximum Gasteiger partial charge on any atom is 0.194 e. The van der Waals surface area contributed by atoms with Crippen LogP contribution in [0.1, 0.15) is 17.0 Å². The van der Waals surface area contributed by atoms with E-state index in [1.807, 2.05) is 26.8 Å². The summed E-state index contributed by atoms with van der Waals surface area (Å²) in [5, 5.41) is 1.52. The highest BCUT2D eigenvalue weighted by Gasteiger charge is 2.07. The molecule has 0 aliphatic carbocycles. The molecule has 2 heterocycles. The molecule has 88 valence electrons. The maximum absolute atomic E-state index is 5.70. The molecule has 0 unspecified atom stereocenters. The first-order valence-corrected chi connectivity index (χ1v) is 6.09. The van der Waals surface area contributed by atoms with Gasteiger partial charge in [-0.15, -0.1) is 0 Å². The first-order chi connectivity index (χ1) is 8.06. The minimum atomic E-state index is 0.697. The molecule has 17 heavy (non-hydrogen) atoms. The molecular formula is C12H14N4S. The van der Waals surface area contributed by atoms with Crippen molar-refractivity contribution in [3.05, 3.63) is 35.3 Å². The van der Waals surface area contributed by atoms with Gasteiger partial charge in [0.15, 0.2) is 5.16 Å². The molecule has 0 spiro atoms. The summed E-state index contributed by atoms with van der Waals surface area (Å²) < 4.78 is 0. The van der Waals surface area contributed by atoms with E-state index in [0.29, 0.717) is 10.8 Å². The van der Waals surface area contributed by atoms with Crippen LogP contribution in [0.25, 0.3) is 0 Å².